The van der Waals surface area contributed by atoms with Crippen molar-refractivity contribution in [3.05, 3.63) is 46.8 Å². The van der Waals surface area contributed by atoms with Gasteiger partial charge in [0.1, 0.15) is 0 Å². The Kier molecular flexibility index (Phi) is 5.68. The number of amides is 1. The van der Waals surface area contributed by atoms with Gasteiger partial charge in [0.2, 0.25) is 0 Å². The molecule has 1 aliphatic carbocycles. The van der Waals surface area contributed by atoms with E-state index in [0.717, 1.165) is 44.6 Å². The van der Waals surface area contributed by atoms with Crippen molar-refractivity contribution in [2.75, 3.05) is 19.6 Å². The van der Waals surface area contributed by atoms with Gasteiger partial charge in [0.15, 0.2) is 5.69 Å². The van der Waals surface area contributed by atoms with Crippen LogP contribution in [0.1, 0.15) is 47.1 Å². The fourth-order valence-electron chi connectivity index (χ4n) is 3.95. The van der Waals surface area contributed by atoms with E-state index in [-0.39, 0.29) is 24.4 Å². The predicted molar refractivity (Wildman–Crippen MR) is 106 cm³/mol. The van der Waals surface area contributed by atoms with Crippen LogP contribution in [0.4, 0.5) is 0 Å². The lowest BCUT2D eigenvalue weighted by atomic mass is 9.95. The van der Waals surface area contributed by atoms with E-state index in [1.807, 2.05) is 9.58 Å². The quantitative estimate of drug-likeness (QED) is 0.879. The third-order valence-corrected chi connectivity index (χ3v) is 5.42. The molecule has 0 bridgehead atoms. The average molecular weight is 375 g/mol. The average Bonchev–Trinajstić information content (AvgIpc) is 3.02. The van der Waals surface area contributed by atoms with E-state index in [2.05, 4.69) is 43.4 Å². The highest BCUT2D eigenvalue weighted by Crippen LogP contribution is 2.28. The number of hydrogen-bond acceptors (Lipinski definition) is 3. The summed E-state index contributed by atoms with van der Waals surface area (Å²) >= 11 is 0. The summed E-state index contributed by atoms with van der Waals surface area (Å²) < 4.78 is 2.01. The van der Waals surface area contributed by atoms with Crippen LogP contribution in [-0.4, -0.2) is 46.3 Å². The number of nitrogens with zero attached hydrogens (tertiary/aromatic N) is 3. The van der Waals surface area contributed by atoms with E-state index in [0.29, 0.717) is 5.69 Å². The Labute approximate surface area is 161 Å². The summed E-state index contributed by atoms with van der Waals surface area (Å²) in [6.07, 6.45) is 4.27. The van der Waals surface area contributed by atoms with E-state index in [9.17, 15) is 4.79 Å². The number of piperazine rings is 1. The van der Waals surface area contributed by atoms with Crippen molar-refractivity contribution >= 4 is 18.3 Å². The first-order valence-electron chi connectivity index (χ1n) is 9.34. The summed E-state index contributed by atoms with van der Waals surface area (Å²) in [6.45, 7) is 6.66. The van der Waals surface area contributed by atoms with Gasteiger partial charge in [0.25, 0.3) is 5.91 Å². The van der Waals surface area contributed by atoms with Gasteiger partial charge >= 0.3 is 0 Å². The van der Waals surface area contributed by atoms with Crippen molar-refractivity contribution in [3.8, 4) is 5.69 Å². The van der Waals surface area contributed by atoms with Crippen LogP contribution in [0.5, 0.6) is 0 Å². The van der Waals surface area contributed by atoms with Crippen molar-refractivity contribution in [1.82, 2.24) is 20.0 Å². The number of carbonyl (C=O) groups is 1. The van der Waals surface area contributed by atoms with Crippen LogP contribution < -0.4 is 5.32 Å². The SMILES string of the molecule is Cc1ccc(-n2nc(C(=O)N3CCNC[C@H]3C)c3c2CCCC3)cc1.Cl. The largest absolute Gasteiger partial charge is 0.332 e. The summed E-state index contributed by atoms with van der Waals surface area (Å²) in [5.74, 6) is 0.0954. The number of aryl methyl sites for hydroxylation is 1. The topological polar surface area (TPSA) is 50.2 Å². The van der Waals surface area contributed by atoms with Crippen LogP contribution in [0.15, 0.2) is 24.3 Å². The minimum absolute atomic E-state index is 0. The van der Waals surface area contributed by atoms with Gasteiger partial charge in [-0.15, -0.1) is 12.4 Å². The van der Waals surface area contributed by atoms with Crippen LogP contribution in [0, 0.1) is 6.92 Å². The molecule has 0 spiro atoms. The van der Waals surface area contributed by atoms with Crippen molar-refractivity contribution < 1.29 is 4.79 Å². The maximum absolute atomic E-state index is 13.2. The highest BCUT2D eigenvalue weighted by Gasteiger charge is 2.31. The summed E-state index contributed by atoms with van der Waals surface area (Å²) in [4.78, 5) is 15.2. The third kappa shape index (κ3) is 3.38. The molecule has 140 valence electrons. The predicted octanol–water partition coefficient (Wildman–Crippen LogP) is 2.92. The lowest BCUT2D eigenvalue weighted by molar-refractivity contribution is 0.0648. The molecule has 1 amide bonds. The molecule has 1 aromatic carbocycles. The highest BCUT2D eigenvalue weighted by atomic mass is 35.5. The summed E-state index contributed by atoms with van der Waals surface area (Å²) in [7, 11) is 0. The molecule has 0 unspecified atom stereocenters. The molecule has 2 heterocycles. The molecule has 0 radical (unpaired) electrons. The first-order chi connectivity index (χ1) is 12.1. The Hall–Kier alpha value is -1.85. The van der Waals surface area contributed by atoms with Crippen LogP contribution in [0.3, 0.4) is 0 Å². The standard InChI is InChI=1S/C20H26N4O.ClH/c1-14-7-9-16(10-8-14)24-18-6-4-3-5-17(18)19(22-24)20(25)23-12-11-21-13-15(23)2;/h7-10,15,21H,3-6,11-13H2,1-2H3;1H/t15-;/m1./s1. The van der Waals surface area contributed by atoms with Gasteiger partial charge in [0, 0.05) is 36.9 Å². The number of benzene rings is 1. The molecule has 2 aliphatic rings. The number of fused-ring (bicyclic) bond motifs is 1. The second kappa shape index (κ2) is 7.80. The van der Waals surface area contributed by atoms with Crippen molar-refractivity contribution in [3.63, 3.8) is 0 Å². The van der Waals surface area contributed by atoms with Gasteiger partial charge in [0.05, 0.1) is 5.69 Å². The molecule has 1 aliphatic heterocycles. The van der Waals surface area contributed by atoms with E-state index >= 15 is 0 Å². The minimum Gasteiger partial charge on any atom is -0.332 e. The summed E-state index contributed by atoms with van der Waals surface area (Å²) in [6, 6.07) is 8.61. The Balaban J connectivity index is 0.00000196. The summed E-state index contributed by atoms with van der Waals surface area (Å²) in [5, 5.41) is 8.16. The first-order valence-corrected chi connectivity index (χ1v) is 9.34. The first kappa shape index (κ1) is 18.9. The Morgan fingerprint density at radius 3 is 2.65 bits per heavy atom. The molecule has 1 N–H and O–H groups in total. The number of carbonyl (C=O) groups excluding carboxylic acids is 1. The molecule has 2 aromatic rings. The van der Waals surface area contributed by atoms with Gasteiger partial charge < -0.3 is 10.2 Å². The van der Waals surface area contributed by atoms with Crippen molar-refractivity contribution in [2.45, 2.75) is 45.6 Å². The molecule has 1 fully saturated rings. The van der Waals surface area contributed by atoms with Crippen LogP contribution in [0.25, 0.3) is 5.69 Å². The maximum atomic E-state index is 13.2. The van der Waals surface area contributed by atoms with Gasteiger partial charge in [-0.05, 0) is 51.7 Å². The molecular formula is C20H27ClN4O. The normalized spacial score (nSPS) is 19.6. The zero-order valence-corrected chi connectivity index (χ0v) is 16.3. The number of nitrogens with one attached hydrogen (secondary N) is 1. The number of rotatable bonds is 2. The Morgan fingerprint density at radius 2 is 1.92 bits per heavy atom. The zero-order chi connectivity index (χ0) is 17.4. The van der Waals surface area contributed by atoms with E-state index < -0.39 is 0 Å². The molecule has 26 heavy (non-hydrogen) atoms. The summed E-state index contributed by atoms with van der Waals surface area (Å²) in [5.41, 5.74) is 5.35. The Bertz CT molecular complexity index is 784. The second-order valence-electron chi connectivity index (χ2n) is 7.28. The van der Waals surface area contributed by atoms with Crippen LogP contribution >= 0.6 is 12.4 Å². The Morgan fingerprint density at radius 1 is 1.19 bits per heavy atom. The lowest BCUT2D eigenvalue weighted by Gasteiger charge is -2.33. The minimum atomic E-state index is 0. The second-order valence-corrected chi connectivity index (χ2v) is 7.28. The maximum Gasteiger partial charge on any atom is 0.274 e. The van der Waals surface area contributed by atoms with Crippen molar-refractivity contribution in [1.29, 1.82) is 0 Å². The van der Waals surface area contributed by atoms with Gasteiger partial charge in [-0.25, -0.2) is 4.68 Å². The molecule has 0 saturated carbocycles. The van der Waals surface area contributed by atoms with Gasteiger partial charge in [-0.3, -0.25) is 4.79 Å². The number of halogens is 1. The molecule has 4 rings (SSSR count). The smallest absolute Gasteiger partial charge is 0.274 e. The highest BCUT2D eigenvalue weighted by molar-refractivity contribution is 5.94. The van der Waals surface area contributed by atoms with E-state index in [1.165, 1.54) is 23.2 Å². The molecule has 1 saturated heterocycles. The van der Waals surface area contributed by atoms with Crippen molar-refractivity contribution in [2.24, 2.45) is 0 Å². The zero-order valence-electron chi connectivity index (χ0n) is 15.5. The molecule has 1 atom stereocenters. The molecular weight excluding hydrogens is 348 g/mol. The monoisotopic (exact) mass is 374 g/mol. The van der Waals surface area contributed by atoms with Gasteiger partial charge in [-0.2, -0.15) is 5.10 Å². The van der Waals surface area contributed by atoms with E-state index in [1.54, 1.807) is 0 Å². The number of aromatic nitrogens is 2. The molecule has 1 aromatic heterocycles. The number of hydrogen-bond donors (Lipinski definition) is 1. The molecule has 5 nitrogen and oxygen atoms in total. The van der Waals surface area contributed by atoms with Crippen LogP contribution in [-0.2, 0) is 12.8 Å². The van der Waals surface area contributed by atoms with Crippen LogP contribution in [0.2, 0.25) is 0 Å². The fourth-order valence-corrected chi connectivity index (χ4v) is 3.95. The fraction of sp³-hybridized carbons (Fsp3) is 0.500. The lowest BCUT2D eigenvalue weighted by Crippen LogP contribution is -2.52. The van der Waals surface area contributed by atoms with Gasteiger partial charge in [-0.1, -0.05) is 17.7 Å². The molecule has 6 heteroatoms. The third-order valence-electron chi connectivity index (χ3n) is 5.42. The van der Waals surface area contributed by atoms with E-state index in [4.69, 9.17) is 5.10 Å².